The van der Waals surface area contributed by atoms with Crippen LogP contribution in [0.2, 0.25) is 0 Å². The third-order valence-corrected chi connectivity index (χ3v) is 3.68. The zero-order valence-corrected chi connectivity index (χ0v) is 12.5. The van der Waals surface area contributed by atoms with Gasteiger partial charge in [0.05, 0.1) is 17.8 Å². The number of aryl methyl sites for hydroxylation is 1. The maximum atomic E-state index is 6.15. The van der Waals surface area contributed by atoms with Crippen molar-refractivity contribution in [2.45, 2.75) is 25.3 Å². The molecular weight excluding hydrogens is 306 g/mol. The minimum atomic E-state index is 0.130. The van der Waals surface area contributed by atoms with Crippen molar-refractivity contribution in [1.82, 2.24) is 0 Å². The van der Waals surface area contributed by atoms with E-state index in [9.17, 15) is 0 Å². The van der Waals surface area contributed by atoms with Gasteiger partial charge in [-0.25, -0.2) is 0 Å². The lowest BCUT2D eigenvalue weighted by Crippen LogP contribution is -2.23. The lowest BCUT2D eigenvalue weighted by Gasteiger charge is -2.12. The fourth-order valence-corrected chi connectivity index (χ4v) is 2.61. The van der Waals surface area contributed by atoms with Crippen LogP contribution in [0.1, 0.15) is 17.7 Å². The highest BCUT2D eigenvalue weighted by Gasteiger charge is 2.08. The number of ether oxygens (including phenoxy) is 1. The fraction of sp³-hybridized carbons (Fsp3) is 0.333. The molecule has 1 heterocycles. The molecule has 0 amide bonds. The number of nitrogens with two attached hydrogens (primary N) is 1. The van der Waals surface area contributed by atoms with Gasteiger partial charge in [0.15, 0.2) is 0 Å². The zero-order chi connectivity index (χ0) is 13.7. The highest BCUT2D eigenvalue weighted by Crippen LogP contribution is 2.26. The number of benzene rings is 1. The lowest BCUT2D eigenvalue weighted by atomic mass is 10.0. The van der Waals surface area contributed by atoms with Crippen LogP contribution in [0.4, 0.5) is 0 Å². The van der Waals surface area contributed by atoms with Gasteiger partial charge < -0.3 is 14.9 Å². The van der Waals surface area contributed by atoms with E-state index < -0.39 is 0 Å². The van der Waals surface area contributed by atoms with E-state index in [-0.39, 0.29) is 6.04 Å². The van der Waals surface area contributed by atoms with E-state index in [0.717, 1.165) is 35.2 Å². The maximum Gasteiger partial charge on any atom is 0.133 e. The quantitative estimate of drug-likeness (QED) is 0.884. The Morgan fingerprint density at radius 1 is 1.37 bits per heavy atom. The van der Waals surface area contributed by atoms with Crippen LogP contribution in [0.25, 0.3) is 0 Å². The predicted molar refractivity (Wildman–Crippen MR) is 79.4 cm³/mol. The average molecular weight is 324 g/mol. The molecule has 3 nitrogen and oxygen atoms in total. The number of methoxy groups -OCH3 is 1. The van der Waals surface area contributed by atoms with E-state index in [4.69, 9.17) is 14.9 Å². The Morgan fingerprint density at radius 2 is 2.21 bits per heavy atom. The molecule has 2 N–H and O–H groups in total. The molecule has 2 rings (SSSR count). The van der Waals surface area contributed by atoms with Crippen molar-refractivity contribution in [3.63, 3.8) is 0 Å². The van der Waals surface area contributed by atoms with Gasteiger partial charge in [-0.1, -0.05) is 6.07 Å². The molecule has 4 heteroatoms. The van der Waals surface area contributed by atoms with Gasteiger partial charge in [0.25, 0.3) is 0 Å². The van der Waals surface area contributed by atoms with Crippen molar-refractivity contribution >= 4 is 15.9 Å². The number of halogens is 1. The van der Waals surface area contributed by atoms with Crippen molar-refractivity contribution in [3.8, 4) is 5.75 Å². The summed E-state index contributed by atoms with van der Waals surface area (Å²) < 4.78 is 11.5. The van der Waals surface area contributed by atoms with E-state index in [1.807, 2.05) is 18.2 Å². The van der Waals surface area contributed by atoms with Crippen molar-refractivity contribution < 1.29 is 9.15 Å². The molecule has 0 aliphatic heterocycles. The maximum absolute atomic E-state index is 6.15. The molecule has 1 unspecified atom stereocenters. The molecule has 0 bridgehead atoms. The molecule has 19 heavy (non-hydrogen) atoms. The summed E-state index contributed by atoms with van der Waals surface area (Å²) in [6.45, 7) is 0. The van der Waals surface area contributed by atoms with E-state index in [1.54, 1.807) is 13.4 Å². The Morgan fingerprint density at radius 3 is 2.84 bits per heavy atom. The van der Waals surface area contributed by atoms with Crippen LogP contribution in [0.3, 0.4) is 0 Å². The van der Waals surface area contributed by atoms with Crippen LogP contribution >= 0.6 is 15.9 Å². The highest BCUT2D eigenvalue weighted by atomic mass is 79.9. The first-order valence-corrected chi connectivity index (χ1v) is 7.08. The Kier molecular flexibility index (Phi) is 5.05. The van der Waals surface area contributed by atoms with Crippen molar-refractivity contribution in [2.75, 3.05) is 7.11 Å². The van der Waals surface area contributed by atoms with Crippen LogP contribution < -0.4 is 10.5 Å². The molecule has 0 saturated carbocycles. The van der Waals surface area contributed by atoms with Crippen LogP contribution in [-0.2, 0) is 12.8 Å². The molecule has 0 spiro atoms. The number of rotatable bonds is 6. The summed E-state index contributed by atoms with van der Waals surface area (Å²) in [5.74, 6) is 1.83. The molecule has 1 aromatic carbocycles. The Bertz CT molecular complexity index is 511. The van der Waals surface area contributed by atoms with Gasteiger partial charge in [-0.2, -0.15) is 0 Å². The van der Waals surface area contributed by atoms with Crippen molar-refractivity contribution in [3.05, 3.63) is 52.4 Å². The topological polar surface area (TPSA) is 48.4 Å². The Hall–Kier alpha value is -1.26. The molecule has 1 atom stereocenters. The molecule has 1 aromatic heterocycles. The van der Waals surface area contributed by atoms with E-state index in [2.05, 4.69) is 28.1 Å². The Labute approximate surface area is 121 Å². The normalized spacial score (nSPS) is 12.4. The third-order valence-electron chi connectivity index (χ3n) is 3.06. The monoisotopic (exact) mass is 323 g/mol. The van der Waals surface area contributed by atoms with Crippen LogP contribution in [0, 0.1) is 0 Å². The largest absolute Gasteiger partial charge is 0.496 e. The average Bonchev–Trinajstić information content (AvgIpc) is 2.90. The molecule has 0 fully saturated rings. The molecule has 2 aromatic rings. The summed E-state index contributed by atoms with van der Waals surface area (Å²) in [7, 11) is 1.66. The molecule has 0 radical (unpaired) electrons. The van der Waals surface area contributed by atoms with E-state index in [1.165, 1.54) is 5.56 Å². The SMILES string of the molecule is COc1ccc(CC(N)CCc2ccco2)cc1Br. The first-order chi connectivity index (χ1) is 9.19. The highest BCUT2D eigenvalue weighted by molar-refractivity contribution is 9.10. The summed E-state index contributed by atoms with van der Waals surface area (Å²) in [5.41, 5.74) is 7.36. The van der Waals surface area contributed by atoms with Crippen LogP contribution in [0.5, 0.6) is 5.75 Å². The number of hydrogen-bond acceptors (Lipinski definition) is 3. The van der Waals surface area contributed by atoms with Crippen molar-refractivity contribution in [2.24, 2.45) is 5.73 Å². The zero-order valence-electron chi connectivity index (χ0n) is 10.9. The summed E-state index contributed by atoms with van der Waals surface area (Å²) in [6, 6.07) is 10.1. The number of hydrogen-bond donors (Lipinski definition) is 1. The summed E-state index contributed by atoms with van der Waals surface area (Å²) in [6.07, 6.45) is 4.34. The van der Waals surface area contributed by atoms with Gasteiger partial charge in [-0.05, 0) is 58.6 Å². The molecule has 0 saturated heterocycles. The molecular formula is C15H18BrNO2. The smallest absolute Gasteiger partial charge is 0.133 e. The van der Waals surface area contributed by atoms with E-state index in [0.29, 0.717) is 0 Å². The first-order valence-electron chi connectivity index (χ1n) is 6.29. The second-order valence-electron chi connectivity index (χ2n) is 4.55. The lowest BCUT2D eigenvalue weighted by molar-refractivity contribution is 0.412. The fourth-order valence-electron chi connectivity index (χ4n) is 2.02. The second-order valence-corrected chi connectivity index (χ2v) is 5.41. The Balaban J connectivity index is 1.88. The molecule has 0 aliphatic rings. The summed E-state index contributed by atoms with van der Waals surface area (Å²) in [4.78, 5) is 0. The van der Waals surface area contributed by atoms with Crippen molar-refractivity contribution in [1.29, 1.82) is 0 Å². The predicted octanol–water partition coefficient (Wildman–Crippen LogP) is 3.55. The van der Waals surface area contributed by atoms with Crippen LogP contribution in [0.15, 0.2) is 45.5 Å². The van der Waals surface area contributed by atoms with Gasteiger partial charge in [0.2, 0.25) is 0 Å². The van der Waals surface area contributed by atoms with Gasteiger partial charge in [0.1, 0.15) is 11.5 Å². The minimum Gasteiger partial charge on any atom is -0.496 e. The van der Waals surface area contributed by atoms with Gasteiger partial charge >= 0.3 is 0 Å². The molecule has 102 valence electrons. The first kappa shape index (κ1) is 14.2. The second kappa shape index (κ2) is 6.78. The summed E-state index contributed by atoms with van der Waals surface area (Å²) >= 11 is 3.49. The van der Waals surface area contributed by atoms with Gasteiger partial charge in [0, 0.05) is 12.5 Å². The summed E-state index contributed by atoms with van der Waals surface area (Å²) in [5, 5.41) is 0. The standard InChI is InChI=1S/C15H18BrNO2/c1-18-15-7-4-11(10-14(15)16)9-12(17)5-6-13-3-2-8-19-13/h2-4,7-8,10,12H,5-6,9,17H2,1H3. The third kappa shape index (κ3) is 4.11. The van der Waals surface area contributed by atoms with Gasteiger partial charge in [-0.3, -0.25) is 0 Å². The molecule has 0 aliphatic carbocycles. The number of furan rings is 1. The van der Waals surface area contributed by atoms with Crippen LogP contribution in [-0.4, -0.2) is 13.2 Å². The van der Waals surface area contributed by atoms with Gasteiger partial charge in [-0.15, -0.1) is 0 Å². The van der Waals surface area contributed by atoms with E-state index >= 15 is 0 Å². The minimum absolute atomic E-state index is 0.130.